The quantitative estimate of drug-likeness (QED) is 0.817. The Morgan fingerprint density at radius 2 is 2.10 bits per heavy atom. The van der Waals surface area contributed by atoms with Gasteiger partial charge in [-0.1, -0.05) is 29.8 Å². The van der Waals surface area contributed by atoms with E-state index in [2.05, 4.69) is 21.2 Å². The smallest absolute Gasteiger partial charge is 0.168 e. The summed E-state index contributed by atoms with van der Waals surface area (Å²) < 4.78 is 20.1. The minimum absolute atomic E-state index is 0.0304. The van der Waals surface area contributed by atoms with Crippen molar-refractivity contribution in [2.75, 3.05) is 14.2 Å². The second-order valence-corrected chi connectivity index (χ2v) is 5.91. The summed E-state index contributed by atoms with van der Waals surface area (Å²) in [7, 11) is 3.31. The molecule has 0 aliphatic carbocycles. The van der Waals surface area contributed by atoms with Crippen molar-refractivity contribution in [3.8, 4) is 5.75 Å². The highest BCUT2D eigenvalue weighted by molar-refractivity contribution is 9.10. The molecule has 1 unspecified atom stereocenters. The van der Waals surface area contributed by atoms with Gasteiger partial charge in [-0.25, -0.2) is 4.39 Å². The molecular weight excluding hydrogens is 357 g/mol. The number of likely N-dealkylation sites (N-methyl/N-ethyl adjacent to an activating group) is 1. The number of methoxy groups -OCH3 is 1. The molecular formula is C16H16BrClFNO. The molecule has 1 atom stereocenters. The SMILES string of the molecule is CNC(Cc1cccc(OC)c1F)c1ccc(Br)c(Cl)c1. The molecule has 2 aromatic rings. The third-order valence-corrected chi connectivity index (χ3v) is 4.61. The van der Waals surface area contributed by atoms with E-state index in [1.54, 1.807) is 18.2 Å². The van der Waals surface area contributed by atoms with Crippen LogP contribution < -0.4 is 10.1 Å². The second kappa shape index (κ2) is 7.25. The number of rotatable bonds is 5. The van der Waals surface area contributed by atoms with Crippen molar-refractivity contribution in [3.63, 3.8) is 0 Å². The Kier molecular flexibility index (Phi) is 5.62. The van der Waals surface area contributed by atoms with Gasteiger partial charge in [0.2, 0.25) is 0 Å². The fraction of sp³-hybridized carbons (Fsp3) is 0.250. The van der Waals surface area contributed by atoms with E-state index in [9.17, 15) is 4.39 Å². The van der Waals surface area contributed by atoms with E-state index >= 15 is 0 Å². The van der Waals surface area contributed by atoms with Crippen LogP contribution in [0.3, 0.4) is 0 Å². The predicted octanol–water partition coefficient (Wildman–Crippen LogP) is 4.75. The van der Waals surface area contributed by atoms with Gasteiger partial charge in [-0.2, -0.15) is 0 Å². The minimum atomic E-state index is -0.316. The van der Waals surface area contributed by atoms with Crippen molar-refractivity contribution in [2.45, 2.75) is 12.5 Å². The molecule has 0 fully saturated rings. The molecule has 5 heteroatoms. The van der Waals surface area contributed by atoms with E-state index < -0.39 is 0 Å². The minimum Gasteiger partial charge on any atom is -0.494 e. The van der Waals surface area contributed by atoms with Gasteiger partial charge in [0.05, 0.1) is 12.1 Å². The molecule has 0 aliphatic rings. The number of nitrogens with one attached hydrogen (secondary N) is 1. The predicted molar refractivity (Wildman–Crippen MR) is 87.6 cm³/mol. The Bertz CT molecular complexity index is 636. The fourth-order valence-corrected chi connectivity index (χ4v) is 2.64. The van der Waals surface area contributed by atoms with E-state index in [1.807, 2.05) is 25.2 Å². The van der Waals surface area contributed by atoms with Gasteiger partial charge in [-0.05, 0) is 58.7 Å². The number of ether oxygens (including phenoxy) is 1. The van der Waals surface area contributed by atoms with Crippen LogP contribution in [0.1, 0.15) is 17.2 Å². The van der Waals surface area contributed by atoms with E-state index in [0.29, 0.717) is 17.0 Å². The Balaban J connectivity index is 2.29. The number of hydrogen-bond donors (Lipinski definition) is 1. The van der Waals surface area contributed by atoms with Gasteiger partial charge >= 0.3 is 0 Å². The average Bonchev–Trinajstić information content (AvgIpc) is 2.49. The van der Waals surface area contributed by atoms with Crippen LogP contribution in [0.15, 0.2) is 40.9 Å². The standard InChI is InChI=1S/C16H16BrClFNO/c1-20-14(10-6-7-12(17)13(18)8-10)9-11-4-3-5-15(21-2)16(11)19/h3-8,14,20H,9H2,1-2H3. The number of hydrogen-bond acceptors (Lipinski definition) is 2. The lowest BCUT2D eigenvalue weighted by Crippen LogP contribution is -2.19. The summed E-state index contributed by atoms with van der Waals surface area (Å²) >= 11 is 9.50. The molecule has 21 heavy (non-hydrogen) atoms. The number of benzene rings is 2. The van der Waals surface area contributed by atoms with Gasteiger partial charge in [0, 0.05) is 10.5 Å². The largest absolute Gasteiger partial charge is 0.494 e. The lowest BCUT2D eigenvalue weighted by molar-refractivity contribution is 0.383. The molecule has 2 nitrogen and oxygen atoms in total. The monoisotopic (exact) mass is 371 g/mol. The third kappa shape index (κ3) is 3.76. The van der Waals surface area contributed by atoms with Crippen molar-refractivity contribution in [2.24, 2.45) is 0 Å². The average molecular weight is 373 g/mol. The van der Waals surface area contributed by atoms with Crippen molar-refractivity contribution < 1.29 is 9.13 Å². The van der Waals surface area contributed by atoms with Crippen LogP contribution in [0.2, 0.25) is 5.02 Å². The summed E-state index contributed by atoms with van der Waals surface area (Å²) in [6.45, 7) is 0. The van der Waals surface area contributed by atoms with Gasteiger partial charge in [0.25, 0.3) is 0 Å². The topological polar surface area (TPSA) is 21.3 Å². The van der Waals surface area contributed by atoms with Crippen LogP contribution in [-0.2, 0) is 6.42 Å². The van der Waals surface area contributed by atoms with E-state index in [1.165, 1.54) is 7.11 Å². The molecule has 0 saturated carbocycles. The van der Waals surface area contributed by atoms with Gasteiger partial charge in [-0.3, -0.25) is 0 Å². The zero-order valence-electron chi connectivity index (χ0n) is 11.8. The fourth-order valence-electron chi connectivity index (χ4n) is 2.21. The van der Waals surface area contributed by atoms with Gasteiger partial charge < -0.3 is 10.1 Å². The lowest BCUT2D eigenvalue weighted by Gasteiger charge is -2.18. The van der Waals surface area contributed by atoms with Gasteiger partial charge in [0.15, 0.2) is 11.6 Å². The maximum atomic E-state index is 14.2. The van der Waals surface area contributed by atoms with Crippen LogP contribution in [0.25, 0.3) is 0 Å². The summed E-state index contributed by atoms with van der Waals surface area (Å²) in [5.41, 5.74) is 1.61. The zero-order valence-corrected chi connectivity index (χ0v) is 14.1. The van der Waals surface area contributed by atoms with Crippen molar-refractivity contribution >= 4 is 27.5 Å². The summed E-state index contributed by atoms with van der Waals surface area (Å²) in [5.74, 6) is -0.0559. The first-order chi connectivity index (χ1) is 10.1. The van der Waals surface area contributed by atoms with Crippen LogP contribution in [-0.4, -0.2) is 14.2 Å². The Labute approximate surface area is 137 Å². The maximum Gasteiger partial charge on any atom is 0.168 e. The first kappa shape index (κ1) is 16.3. The van der Waals surface area contributed by atoms with Crippen molar-refractivity contribution in [1.82, 2.24) is 5.32 Å². The Hall–Kier alpha value is -1.10. The first-order valence-electron chi connectivity index (χ1n) is 6.50. The van der Waals surface area contributed by atoms with E-state index in [0.717, 1.165) is 10.0 Å². The molecule has 0 bridgehead atoms. The molecule has 2 aromatic carbocycles. The van der Waals surface area contributed by atoms with Crippen LogP contribution in [0.4, 0.5) is 4.39 Å². The molecule has 0 spiro atoms. The normalized spacial score (nSPS) is 12.2. The zero-order chi connectivity index (χ0) is 15.4. The molecule has 0 aliphatic heterocycles. The molecule has 0 heterocycles. The van der Waals surface area contributed by atoms with Crippen LogP contribution >= 0.6 is 27.5 Å². The molecule has 1 N–H and O–H groups in total. The molecule has 112 valence electrons. The van der Waals surface area contributed by atoms with Crippen molar-refractivity contribution in [1.29, 1.82) is 0 Å². The molecule has 0 aromatic heterocycles. The molecule has 0 saturated heterocycles. The van der Waals surface area contributed by atoms with Crippen LogP contribution in [0.5, 0.6) is 5.75 Å². The van der Waals surface area contributed by atoms with Crippen molar-refractivity contribution in [3.05, 3.63) is 62.8 Å². The lowest BCUT2D eigenvalue weighted by atomic mass is 9.98. The molecule has 0 amide bonds. The van der Waals surface area contributed by atoms with Gasteiger partial charge in [0.1, 0.15) is 0 Å². The van der Waals surface area contributed by atoms with E-state index in [4.69, 9.17) is 16.3 Å². The number of halogens is 3. The van der Waals surface area contributed by atoms with E-state index in [-0.39, 0.29) is 17.6 Å². The highest BCUT2D eigenvalue weighted by atomic mass is 79.9. The highest BCUT2D eigenvalue weighted by Gasteiger charge is 2.16. The summed E-state index contributed by atoms with van der Waals surface area (Å²) in [6.07, 6.45) is 0.511. The highest BCUT2D eigenvalue weighted by Crippen LogP contribution is 2.29. The van der Waals surface area contributed by atoms with Crippen LogP contribution in [0, 0.1) is 5.82 Å². The Morgan fingerprint density at radius 1 is 1.33 bits per heavy atom. The summed E-state index contributed by atoms with van der Waals surface area (Å²) in [5, 5.41) is 3.83. The molecule has 0 radical (unpaired) electrons. The Morgan fingerprint density at radius 3 is 2.71 bits per heavy atom. The maximum absolute atomic E-state index is 14.2. The second-order valence-electron chi connectivity index (χ2n) is 4.65. The first-order valence-corrected chi connectivity index (χ1v) is 7.67. The summed E-state index contributed by atoms with van der Waals surface area (Å²) in [4.78, 5) is 0. The third-order valence-electron chi connectivity index (χ3n) is 3.38. The van der Waals surface area contributed by atoms with Gasteiger partial charge in [-0.15, -0.1) is 0 Å². The summed E-state index contributed by atoms with van der Waals surface area (Å²) in [6, 6.07) is 10.9. The molecule has 2 rings (SSSR count).